The van der Waals surface area contributed by atoms with Crippen LogP contribution >= 0.6 is 80.4 Å². The fraction of sp³-hybridized carbons (Fsp3) is 0.0778. The Bertz CT molecular complexity index is 7670. The third-order valence-electron chi connectivity index (χ3n) is 19.4. The lowest BCUT2D eigenvalue weighted by atomic mass is 10.0. The van der Waals surface area contributed by atoms with Gasteiger partial charge in [-0.15, -0.1) is 0 Å². The molecule has 3 atom stereocenters. The third kappa shape index (κ3) is 23.3. The molecule has 0 bridgehead atoms. The van der Waals surface area contributed by atoms with Crippen molar-refractivity contribution in [1.82, 2.24) is 33.6 Å². The summed E-state index contributed by atoms with van der Waals surface area (Å²) in [6, 6.07) is 55.9. The summed E-state index contributed by atoms with van der Waals surface area (Å²) in [6.07, 6.45) is 6.22. The summed E-state index contributed by atoms with van der Waals surface area (Å²) in [5, 5.41) is 11.4. The summed E-state index contributed by atoms with van der Waals surface area (Å²) in [5.41, 5.74) is 16.1. The number of hydrogen-bond donors (Lipinski definition) is 2. The molecule has 132 heavy (non-hydrogen) atoms. The number of nitrogen functional groups attached to an aromatic ring is 1. The highest BCUT2D eigenvalue weighted by Gasteiger charge is 2.34. The molecule has 16 aromatic rings. The number of benzene rings is 11. The van der Waals surface area contributed by atoms with Crippen molar-refractivity contribution in [3.63, 3.8) is 0 Å². The maximum atomic E-state index is 14.0. The smallest absolute Gasteiger partial charge is 0.537 e. The number of pyridine rings is 3. The van der Waals surface area contributed by atoms with E-state index >= 15 is 0 Å². The summed E-state index contributed by atoms with van der Waals surface area (Å²) >= 11 is 21.4. The minimum Gasteiger partial charge on any atom is -0.537 e. The Morgan fingerprint density at radius 3 is 1.02 bits per heavy atom. The molecule has 16 rings (SSSR count). The minimum atomic E-state index is -5.07. The fourth-order valence-electron chi connectivity index (χ4n) is 13.0. The van der Waals surface area contributed by atoms with Crippen molar-refractivity contribution in [1.29, 1.82) is 0 Å². The van der Waals surface area contributed by atoms with Gasteiger partial charge in [-0.1, -0.05) is 75.0 Å². The Kier molecular flexibility index (Phi) is 34.4. The first-order chi connectivity index (χ1) is 61.1. The molecule has 3 unspecified atom stereocenters. The molecule has 11 aromatic carbocycles. The van der Waals surface area contributed by atoms with Gasteiger partial charge in [0.25, 0.3) is 16.7 Å². The van der Waals surface area contributed by atoms with Gasteiger partial charge in [-0.05, 0) is 267 Å². The summed E-state index contributed by atoms with van der Waals surface area (Å²) in [6.45, 7) is 11.2. The molecule has 5 heterocycles. The van der Waals surface area contributed by atoms with Crippen LogP contribution in [0.1, 0.15) is 39.2 Å². The highest BCUT2D eigenvalue weighted by Crippen LogP contribution is 2.38. The van der Waals surface area contributed by atoms with E-state index in [2.05, 4.69) is 44.2 Å². The standard InChI is InChI=1S/C29H17ClF5NO4S.C28H22ClN3O3S.C22H11BrF5NO4S.C7H7BClO2.C4H5N3.3H3P/c1-14-11-16(3-7-20(14)30)17-4-8-21(15(2)12-17)36-22-9-6-19(13-18(22)5-10-23(36)37)41(38,39)40-29-27(34)25(32)24(31)26(33)28(29)35;1-18-14-20(4-8-24(18)29)21-5-9-25(19(2)15-21)32-26-10-7-23(16-22(26)6-11-28(32)33)36(34,35)17-27-30-12-3-13-31-27;1-10-8-12(23)3-5-14(10)29-15-6-4-13(9-11(15)2-7-16(29)30)34(31,32)33-22-20(27)18(25)17(24)19(26)21(22)28;1-5-4-6(11-8-10)2-3-7(5)9;5-4-6-2-1-3-7-4;;;/h3-13H,1-2H3;3-16H,17H2,1-2H3;2-9H,1H3;2-4,10H,1H3;1-3H,(H2,5,6,7);3*1H3. The van der Waals surface area contributed by atoms with Crippen LogP contribution in [0.3, 0.4) is 0 Å². The number of anilines is 1. The highest BCUT2D eigenvalue weighted by molar-refractivity contribution is 9.10. The van der Waals surface area contributed by atoms with Crippen molar-refractivity contribution in [3.8, 4) is 56.6 Å². The number of sulfone groups is 1. The lowest BCUT2D eigenvalue weighted by molar-refractivity contribution is 0.346. The van der Waals surface area contributed by atoms with Gasteiger partial charge in [0.15, 0.2) is 9.84 Å². The molecule has 1 radical (unpaired) electrons. The Labute approximate surface area is 781 Å². The first-order valence-electron chi connectivity index (χ1n) is 37.4. The topological polar surface area (TPSA) is 294 Å². The second-order valence-corrected chi connectivity index (χ2v) is 35.3. The SMILES string of the molecule is Cc1cc(-c2ccc(-n3c(=O)ccc4cc(S(=O)(=O)Cc5ncccn5)ccc43)c(C)c2)ccc1Cl.Cc1cc(-c2ccc(-n3c(=O)ccc4cc(S(=O)(=O)Oc5c(F)c(F)c(F)c(F)c5F)ccc43)c(C)c2)ccc1Cl.Cc1cc(Br)ccc1-n1c(=O)ccc2cc(S(=O)(=O)Oc3c(F)c(F)c(F)c(F)c3F)ccc21.Cc1cc(O[B]O)ccc1Cl.Nc1ncccn1.P.P.P. The minimum absolute atomic E-state index is 0. The number of fused-ring (bicyclic) bond motifs is 3. The lowest BCUT2D eigenvalue weighted by Gasteiger charge is -2.15. The Hall–Kier alpha value is -11.8. The molecule has 0 saturated carbocycles. The summed E-state index contributed by atoms with van der Waals surface area (Å²) in [4.78, 5) is 52.7. The maximum Gasteiger partial charge on any atom is 0.569 e. The van der Waals surface area contributed by atoms with E-state index < -0.39 is 121 Å². The summed E-state index contributed by atoms with van der Waals surface area (Å²) < 4.78 is 232. The number of halogens is 14. The first-order valence-corrected chi connectivity index (χ1v) is 43.8. The number of aryl methyl sites for hydroxylation is 6. The molecule has 0 saturated heterocycles. The Morgan fingerprint density at radius 2 is 0.689 bits per heavy atom. The molecule has 5 aromatic heterocycles. The van der Waals surface area contributed by atoms with Gasteiger partial charge in [-0.2, -0.15) is 64.1 Å². The monoisotopic (exact) mass is 2050 g/mol. The van der Waals surface area contributed by atoms with Gasteiger partial charge < -0.3 is 23.8 Å². The number of nitrogens with two attached hydrogens (primary N) is 1. The van der Waals surface area contributed by atoms with Gasteiger partial charge in [0.05, 0.1) is 38.5 Å². The van der Waals surface area contributed by atoms with Crippen LogP contribution in [-0.2, 0) is 35.8 Å². The van der Waals surface area contributed by atoms with E-state index in [1.807, 2.05) is 88.4 Å². The second-order valence-electron chi connectivity index (χ2n) is 28.1. The predicted molar refractivity (Wildman–Crippen MR) is 506 cm³/mol. The molecule has 683 valence electrons. The zero-order valence-corrected chi connectivity index (χ0v) is 80.0. The van der Waals surface area contributed by atoms with Crippen molar-refractivity contribution < 1.29 is 87.2 Å². The molecular weight excluding hydrogens is 1980 g/mol. The molecule has 0 aliphatic carbocycles. The van der Waals surface area contributed by atoms with Crippen LogP contribution in [-0.4, -0.2) is 71.6 Å². The van der Waals surface area contributed by atoms with E-state index in [0.29, 0.717) is 62.2 Å². The molecule has 0 fully saturated rings. The maximum absolute atomic E-state index is 14.0. The van der Waals surface area contributed by atoms with Gasteiger partial charge in [-0.25, -0.2) is 54.7 Å². The molecule has 0 aliphatic heterocycles. The van der Waals surface area contributed by atoms with Crippen LogP contribution in [0, 0.1) is 99.7 Å². The lowest BCUT2D eigenvalue weighted by Crippen LogP contribution is -2.19. The van der Waals surface area contributed by atoms with Gasteiger partial charge in [0.2, 0.25) is 75.6 Å². The molecule has 21 nitrogen and oxygen atoms in total. The van der Waals surface area contributed by atoms with Crippen LogP contribution in [0.5, 0.6) is 17.2 Å². The molecule has 0 spiro atoms. The number of nitrogens with zero attached hydrogens (tertiary/aromatic N) is 7. The van der Waals surface area contributed by atoms with E-state index in [-0.39, 0.29) is 68.0 Å². The zero-order valence-electron chi connectivity index (χ0n) is 69.5. The zero-order chi connectivity index (χ0) is 93.6. The van der Waals surface area contributed by atoms with Crippen molar-refractivity contribution in [2.45, 2.75) is 62.0 Å². The van der Waals surface area contributed by atoms with Crippen LogP contribution in [0.4, 0.5) is 49.9 Å². The van der Waals surface area contributed by atoms with E-state index in [1.165, 1.54) is 70.1 Å². The van der Waals surface area contributed by atoms with Gasteiger partial charge in [-0.3, -0.25) is 28.1 Å². The summed E-state index contributed by atoms with van der Waals surface area (Å²) in [7, 11) is -13.1. The van der Waals surface area contributed by atoms with Crippen LogP contribution in [0.2, 0.25) is 15.1 Å². The van der Waals surface area contributed by atoms with Crippen LogP contribution < -0.4 is 35.4 Å². The Morgan fingerprint density at radius 1 is 0.379 bits per heavy atom. The molecule has 0 amide bonds. The number of hydrogen-bond acceptors (Lipinski definition) is 18. The first kappa shape index (κ1) is 104. The molecule has 0 aliphatic rings. The average Bonchev–Trinajstić information content (AvgIpc) is 0.763. The van der Waals surface area contributed by atoms with Gasteiger partial charge in [0, 0.05) is 78.7 Å². The van der Waals surface area contributed by atoms with Crippen molar-refractivity contribution >= 4 is 157 Å². The van der Waals surface area contributed by atoms with E-state index in [4.69, 9.17) is 50.2 Å². The van der Waals surface area contributed by atoms with E-state index in [1.54, 1.807) is 110 Å². The normalized spacial score (nSPS) is 11.1. The van der Waals surface area contributed by atoms with Crippen LogP contribution in [0.25, 0.3) is 72.0 Å². The predicted octanol–water partition coefficient (Wildman–Crippen LogP) is 20.4. The van der Waals surface area contributed by atoms with Gasteiger partial charge >= 0.3 is 27.9 Å². The highest BCUT2D eigenvalue weighted by atomic mass is 79.9. The Balaban J connectivity index is 0.000000201. The second kappa shape index (κ2) is 43.7. The largest absolute Gasteiger partial charge is 0.569 e. The van der Waals surface area contributed by atoms with Crippen molar-refractivity contribution in [2.24, 2.45) is 0 Å². The fourth-order valence-corrected chi connectivity index (χ4v) is 17.0. The van der Waals surface area contributed by atoms with E-state index in [9.17, 15) is 83.5 Å². The molecule has 42 heteroatoms. The summed E-state index contributed by atoms with van der Waals surface area (Å²) in [5.74, 6) is -27.1. The van der Waals surface area contributed by atoms with Crippen LogP contribution in [0.15, 0.2) is 271 Å². The van der Waals surface area contributed by atoms with Crippen molar-refractivity contribution in [2.75, 3.05) is 5.73 Å². The van der Waals surface area contributed by atoms with E-state index in [0.717, 1.165) is 90.1 Å². The molecule has 3 N–H and O–H groups in total. The quantitative estimate of drug-likeness (QED) is 0.0227. The van der Waals surface area contributed by atoms with Crippen molar-refractivity contribution in [3.05, 3.63) is 385 Å². The molecular formula is C90H71BBrCl3F10N8O13P3S3. The number of aromatic nitrogens is 7. The average molecular weight is 2050 g/mol. The van der Waals surface area contributed by atoms with Gasteiger partial charge in [0.1, 0.15) is 27.1 Å². The number of rotatable bonds is 16. The third-order valence-corrected chi connectivity index (χ3v) is 25.2.